The van der Waals surface area contributed by atoms with Crippen LogP contribution in [-0.2, 0) is 19.6 Å². The second kappa shape index (κ2) is 6.80. The van der Waals surface area contributed by atoms with E-state index in [2.05, 4.69) is 15.5 Å². The van der Waals surface area contributed by atoms with Gasteiger partial charge in [-0.2, -0.15) is 4.98 Å². The third-order valence-electron chi connectivity index (χ3n) is 2.77. The first-order valence-corrected chi connectivity index (χ1v) is 6.50. The molecular weight excluding hydrogens is 276 g/mol. The predicted molar refractivity (Wildman–Crippen MR) is 73.9 cm³/mol. The molecule has 0 aliphatic rings. The monoisotopic (exact) mass is 292 g/mol. The van der Waals surface area contributed by atoms with E-state index in [9.17, 15) is 10.1 Å². The van der Waals surface area contributed by atoms with Gasteiger partial charge in [-0.15, -0.1) is 0 Å². The molecule has 0 spiro atoms. The van der Waals surface area contributed by atoms with Crippen LogP contribution in [0.3, 0.4) is 0 Å². The first-order valence-electron chi connectivity index (χ1n) is 6.50. The molecule has 8 nitrogen and oxygen atoms in total. The molecule has 2 rings (SSSR count). The van der Waals surface area contributed by atoms with Gasteiger partial charge in [0.15, 0.2) is 12.4 Å². The number of nitrogens with one attached hydrogen (secondary N) is 1. The van der Waals surface area contributed by atoms with Crippen LogP contribution in [0.2, 0.25) is 0 Å². The van der Waals surface area contributed by atoms with Crippen LogP contribution in [0.4, 0.5) is 5.69 Å². The topological polar surface area (TPSA) is 103 Å². The minimum absolute atomic E-state index is 0.0235. The van der Waals surface area contributed by atoms with Crippen molar-refractivity contribution in [1.29, 1.82) is 0 Å². The predicted octanol–water partition coefficient (Wildman–Crippen LogP) is 1.84. The fraction of sp³-hybridized carbons (Fsp3) is 0.385. The van der Waals surface area contributed by atoms with E-state index in [0.717, 1.165) is 5.56 Å². The third-order valence-corrected chi connectivity index (χ3v) is 2.77. The van der Waals surface area contributed by atoms with Crippen LogP contribution in [0.1, 0.15) is 24.2 Å². The molecule has 1 heterocycles. The summed E-state index contributed by atoms with van der Waals surface area (Å²) in [5, 5.41) is 17.8. The Morgan fingerprint density at radius 2 is 2.29 bits per heavy atom. The van der Waals surface area contributed by atoms with Crippen LogP contribution in [-0.4, -0.2) is 22.1 Å². The number of nitrogens with zero attached hydrogens (tertiary/aromatic N) is 3. The van der Waals surface area contributed by atoms with Crippen LogP contribution < -0.4 is 10.1 Å². The number of benzene rings is 1. The van der Waals surface area contributed by atoms with Crippen LogP contribution >= 0.6 is 0 Å². The molecule has 0 atom stereocenters. The van der Waals surface area contributed by atoms with Crippen LogP contribution in [0.5, 0.6) is 5.75 Å². The van der Waals surface area contributed by atoms with E-state index in [-0.39, 0.29) is 18.0 Å². The largest absolute Gasteiger partial charge is 0.478 e. The average Bonchev–Trinajstić information content (AvgIpc) is 2.94. The van der Waals surface area contributed by atoms with E-state index in [1.807, 2.05) is 6.92 Å². The highest BCUT2D eigenvalue weighted by molar-refractivity contribution is 5.48. The van der Waals surface area contributed by atoms with Gasteiger partial charge >= 0.3 is 5.69 Å². The van der Waals surface area contributed by atoms with Crippen molar-refractivity contribution < 1.29 is 14.2 Å². The molecule has 8 heteroatoms. The van der Waals surface area contributed by atoms with Gasteiger partial charge in [0.1, 0.15) is 0 Å². The maximum atomic E-state index is 11.1. The van der Waals surface area contributed by atoms with Crippen molar-refractivity contribution in [2.75, 3.05) is 7.05 Å². The number of hydrogen-bond donors (Lipinski definition) is 1. The van der Waals surface area contributed by atoms with E-state index in [4.69, 9.17) is 9.26 Å². The summed E-state index contributed by atoms with van der Waals surface area (Å²) in [6.45, 7) is 2.46. The normalized spacial score (nSPS) is 10.6. The molecule has 0 aliphatic heterocycles. The highest BCUT2D eigenvalue weighted by Crippen LogP contribution is 2.28. The number of ether oxygens (including phenoxy) is 1. The Bertz CT molecular complexity index is 626. The summed E-state index contributed by atoms with van der Waals surface area (Å²) in [6.07, 6.45) is 0.631. The molecule has 0 aliphatic carbocycles. The van der Waals surface area contributed by atoms with Crippen molar-refractivity contribution >= 4 is 5.69 Å². The molecule has 0 saturated heterocycles. The minimum atomic E-state index is -0.470. The molecule has 21 heavy (non-hydrogen) atoms. The first kappa shape index (κ1) is 14.9. The molecule has 2 aromatic rings. The maximum Gasteiger partial charge on any atom is 0.311 e. The Morgan fingerprint density at radius 3 is 2.90 bits per heavy atom. The molecule has 0 saturated carbocycles. The van der Waals surface area contributed by atoms with E-state index in [1.54, 1.807) is 19.2 Å². The van der Waals surface area contributed by atoms with Crippen molar-refractivity contribution in [2.24, 2.45) is 0 Å². The quantitative estimate of drug-likeness (QED) is 0.613. The number of aryl methyl sites for hydroxylation is 1. The van der Waals surface area contributed by atoms with Gasteiger partial charge < -0.3 is 14.6 Å². The lowest BCUT2D eigenvalue weighted by Crippen LogP contribution is -2.06. The van der Waals surface area contributed by atoms with Gasteiger partial charge in [0.2, 0.25) is 11.7 Å². The Labute approximate surface area is 121 Å². The fourth-order valence-corrected chi connectivity index (χ4v) is 1.78. The zero-order valence-electron chi connectivity index (χ0n) is 11.8. The Balaban J connectivity index is 2.13. The summed E-state index contributed by atoms with van der Waals surface area (Å²) >= 11 is 0. The molecular formula is C13H16N4O4. The van der Waals surface area contributed by atoms with Crippen molar-refractivity contribution in [3.8, 4) is 5.75 Å². The smallest absolute Gasteiger partial charge is 0.311 e. The van der Waals surface area contributed by atoms with Crippen molar-refractivity contribution in [3.05, 3.63) is 45.6 Å². The van der Waals surface area contributed by atoms with Gasteiger partial charge in [0, 0.05) is 19.0 Å². The van der Waals surface area contributed by atoms with Crippen molar-refractivity contribution in [3.63, 3.8) is 0 Å². The summed E-state index contributed by atoms with van der Waals surface area (Å²) < 4.78 is 10.4. The summed E-state index contributed by atoms with van der Waals surface area (Å²) in [4.78, 5) is 14.7. The van der Waals surface area contributed by atoms with Gasteiger partial charge in [-0.3, -0.25) is 10.1 Å². The summed E-state index contributed by atoms with van der Waals surface area (Å²) in [5.74, 6) is 1.05. The standard InChI is InChI=1S/C13H16N4O4/c1-3-13-15-12(16-21-13)8-20-11-5-4-9(7-14-2)6-10(11)17(18)19/h4-6,14H,3,7-8H2,1-2H3. The maximum absolute atomic E-state index is 11.1. The Morgan fingerprint density at radius 1 is 1.48 bits per heavy atom. The van der Waals surface area contributed by atoms with Crippen molar-refractivity contribution in [1.82, 2.24) is 15.5 Å². The highest BCUT2D eigenvalue weighted by atomic mass is 16.6. The van der Waals surface area contributed by atoms with Gasteiger partial charge in [0.25, 0.3) is 0 Å². The lowest BCUT2D eigenvalue weighted by molar-refractivity contribution is -0.386. The summed E-state index contributed by atoms with van der Waals surface area (Å²) in [6, 6.07) is 4.83. The molecule has 0 unspecified atom stereocenters. The molecule has 1 aromatic carbocycles. The number of nitro benzene ring substituents is 1. The first-order chi connectivity index (χ1) is 10.1. The molecule has 0 radical (unpaired) electrons. The molecule has 1 aromatic heterocycles. The molecule has 0 fully saturated rings. The average molecular weight is 292 g/mol. The summed E-state index contributed by atoms with van der Waals surface area (Å²) in [5.41, 5.74) is 0.728. The second-order valence-electron chi connectivity index (χ2n) is 4.34. The molecule has 0 amide bonds. The number of aromatic nitrogens is 2. The van der Waals surface area contributed by atoms with Crippen LogP contribution in [0.25, 0.3) is 0 Å². The molecule has 1 N–H and O–H groups in total. The highest BCUT2D eigenvalue weighted by Gasteiger charge is 2.17. The number of rotatable bonds is 7. The lowest BCUT2D eigenvalue weighted by Gasteiger charge is -2.06. The van der Waals surface area contributed by atoms with E-state index in [1.165, 1.54) is 6.07 Å². The minimum Gasteiger partial charge on any atom is -0.478 e. The summed E-state index contributed by atoms with van der Waals surface area (Å²) in [7, 11) is 1.78. The molecule has 112 valence electrons. The van der Waals surface area contributed by atoms with E-state index >= 15 is 0 Å². The number of hydrogen-bond acceptors (Lipinski definition) is 7. The van der Waals surface area contributed by atoms with Gasteiger partial charge in [-0.05, 0) is 18.7 Å². The lowest BCUT2D eigenvalue weighted by atomic mass is 10.2. The molecule has 0 bridgehead atoms. The fourth-order valence-electron chi connectivity index (χ4n) is 1.78. The van der Waals surface area contributed by atoms with Gasteiger partial charge in [-0.1, -0.05) is 18.1 Å². The Hall–Kier alpha value is -2.48. The van der Waals surface area contributed by atoms with Gasteiger partial charge in [-0.25, -0.2) is 0 Å². The SMILES string of the molecule is CCc1nc(COc2ccc(CNC)cc2[N+](=O)[O-])no1. The van der Waals surface area contributed by atoms with Crippen LogP contribution in [0.15, 0.2) is 22.7 Å². The van der Waals surface area contributed by atoms with E-state index in [0.29, 0.717) is 24.7 Å². The van der Waals surface area contributed by atoms with Crippen molar-refractivity contribution in [2.45, 2.75) is 26.5 Å². The third kappa shape index (κ3) is 3.76. The van der Waals surface area contributed by atoms with Gasteiger partial charge in [0.05, 0.1) is 4.92 Å². The zero-order chi connectivity index (χ0) is 15.2. The zero-order valence-corrected chi connectivity index (χ0v) is 11.8. The second-order valence-corrected chi connectivity index (χ2v) is 4.34. The number of nitro groups is 1. The Kier molecular flexibility index (Phi) is 4.83. The van der Waals surface area contributed by atoms with E-state index < -0.39 is 4.92 Å². The van der Waals surface area contributed by atoms with Crippen LogP contribution in [0, 0.1) is 10.1 Å².